The predicted octanol–water partition coefficient (Wildman–Crippen LogP) is 2.08. The van der Waals surface area contributed by atoms with E-state index in [1.165, 1.54) is 10.6 Å². The Morgan fingerprint density at radius 3 is 2.47 bits per heavy atom. The minimum Gasteiger partial charge on any atom is -0.497 e. The van der Waals surface area contributed by atoms with Crippen LogP contribution in [0.5, 0.6) is 5.75 Å². The van der Waals surface area contributed by atoms with Crippen molar-refractivity contribution < 1.29 is 19.4 Å². The van der Waals surface area contributed by atoms with Crippen LogP contribution in [0.3, 0.4) is 0 Å². The second-order valence-electron chi connectivity index (χ2n) is 3.98. The van der Waals surface area contributed by atoms with Gasteiger partial charge in [0.1, 0.15) is 11.4 Å². The molecule has 0 spiro atoms. The lowest BCUT2D eigenvalue weighted by atomic mass is 10.1. The van der Waals surface area contributed by atoms with Gasteiger partial charge in [-0.15, -0.1) is 0 Å². The van der Waals surface area contributed by atoms with Crippen molar-refractivity contribution in [2.45, 2.75) is 6.54 Å². The van der Waals surface area contributed by atoms with Crippen molar-refractivity contribution in [3.8, 4) is 5.75 Å². The highest BCUT2D eigenvalue weighted by Crippen LogP contribution is 2.13. The van der Waals surface area contributed by atoms with Gasteiger partial charge >= 0.3 is 5.97 Å². The third kappa shape index (κ3) is 2.82. The summed E-state index contributed by atoms with van der Waals surface area (Å²) in [5.41, 5.74) is 0.618. The summed E-state index contributed by atoms with van der Waals surface area (Å²) in [6.07, 6.45) is 1.57. The van der Waals surface area contributed by atoms with Gasteiger partial charge in [-0.25, -0.2) is 4.79 Å². The first kappa shape index (κ1) is 12.9. The van der Waals surface area contributed by atoms with Gasteiger partial charge in [-0.05, 0) is 36.4 Å². The van der Waals surface area contributed by atoms with Crippen LogP contribution in [0.1, 0.15) is 20.8 Å². The highest BCUT2D eigenvalue weighted by molar-refractivity contribution is 5.96. The van der Waals surface area contributed by atoms with Crippen LogP contribution in [0.15, 0.2) is 42.6 Å². The molecule has 2 rings (SSSR count). The highest BCUT2D eigenvalue weighted by atomic mass is 16.5. The quantitative estimate of drug-likeness (QED) is 0.835. The molecule has 0 fully saturated rings. The summed E-state index contributed by atoms with van der Waals surface area (Å²) < 4.78 is 6.42. The number of carbonyl (C=O) groups excluding carboxylic acids is 1. The Labute approximate surface area is 110 Å². The van der Waals surface area contributed by atoms with Gasteiger partial charge in [0, 0.05) is 11.8 Å². The van der Waals surface area contributed by atoms with Gasteiger partial charge in [0.2, 0.25) is 0 Å². The highest BCUT2D eigenvalue weighted by Gasteiger charge is 2.12. The molecule has 5 heteroatoms. The summed E-state index contributed by atoms with van der Waals surface area (Å²) in [4.78, 5) is 23.0. The van der Waals surface area contributed by atoms with Crippen LogP contribution >= 0.6 is 0 Å². The monoisotopic (exact) mass is 259 g/mol. The molecule has 0 saturated carbocycles. The fraction of sp³-hybridized carbons (Fsp3) is 0.143. The summed E-state index contributed by atoms with van der Waals surface area (Å²) in [6, 6.07) is 9.77. The molecule has 0 aliphatic rings. The molecule has 0 amide bonds. The summed E-state index contributed by atoms with van der Waals surface area (Å²) in [6.45, 7) is 0.000955. The number of hydrogen-bond donors (Lipinski definition) is 1. The Hall–Kier alpha value is -2.56. The van der Waals surface area contributed by atoms with E-state index < -0.39 is 5.97 Å². The lowest BCUT2D eigenvalue weighted by molar-refractivity contribution is 0.0685. The second-order valence-corrected chi connectivity index (χ2v) is 3.98. The number of carboxylic acid groups (broad SMARTS) is 1. The zero-order valence-corrected chi connectivity index (χ0v) is 10.4. The maximum atomic E-state index is 12.0. The van der Waals surface area contributed by atoms with E-state index in [-0.39, 0.29) is 18.0 Å². The molecule has 0 bridgehead atoms. The topological polar surface area (TPSA) is 68.5 Å². The molecule has 1 aromatic carbocycles. The molecule has 2 aromatic rings. The zero-order valence-electron chi connectivity index (χ0n) is 10.4. The molecule has 0 atom stereocenters. The molecule has 5 nitrogen and oxygen atoms in total. The first-order chi connectivity index (χ1) is 9.11. The molecule has 19 heavy (non-hydrogen) atoms. The van der Waals surface area contributed by atoms with E-state index in [0.29, 0.717) is 11.3 Å². The molecule has 1 heterocycles. The van der Waals surface area contributed by atoms with Crippen molar-refractivity contribution in [3.63, 3.8) is 0 Å². The molecule has 0 unspecified atom stereocenters. The van der Waals surface area contributed by atoms with Crippen LogP contribution in [0.25, 0.3) is 0 Å². The van der Waals surface area contributed by atoms with Gasteiger partial charge in [0.15, 0.2) is 5.78 Å². The van der Waals surface area contributed by atoms with Crippen molar-refractivity contribution in [3.05, 3.63) is 53.9 Å². The minimum atomic E-state index is -1.05. The zero-order chi connectivity index (χ0) is 13.8. The van der Waals surface area contributed by atoms with Crippen LogP contribution in [0.4, 0.5) is 0 Å². The largest absolute Gasteiger partial charge is 0.497 e. The average Bonchev–Trinajstić information content (AvgIpc) is 2.87. The van der Waals surface area contributed by atoms with Crippen molar-refractivity contribution in [2.24, 2.45) is 0 Å². The lowest BCUT2D eigenvalue weighted by Crippen LogP contribution is -2.14. The van der Waals surface area contributed by atoms with Crippen LogP contribution < -0.4 is 4.74 Å². The Bertz CT molecular complexity index is 598. The number of carbonyl (C=O) groups is 2. The number of ketones is 1. The number of aromatic nitrogens is 1. The number of nitrogens with zero attached hydrogens (tertiary/aromatic N) is 1. The number of ether oxygens (including phenoxy) is 1. The molecule has 1 aromatic heterocycles. The van der Waals surface area contributed by atoms with Crippen LogP contribution in [0.2, 0.25) is 0 Å². The SMILES string of the molecule is COc1ccc(C(=O)Cn2cccc2C(=O)O)cc1. The molecule has 1 N–H and O–H groups in total. The van der Waals surface area contributed by atoms with E-state index in [0.717, 1.165) is 0 Å². The van der Waals surface area contributed by atoms with E-state index >= 15 is 0 Å². The summed E-state index contributed by atoms with van der Waals surface area (Å²) in [7, 11) is 1.55. The van der Waals surface area contributed by atoms with Gasteiger partial charge in [0.25, 0.3) is 0 Å². The van der Waals surface area contributed by atoms with E-state index in [2.05, 4.69) is 0 Å². The van der Waals surface area contributed by atoms with Gasteiger partial charge in [-0.1, -0.05) is 0 Å². The Morgan fingerprint density at radius 2 is 1.89 bits per heavy atom. The van der Waals surface area contributed by atoms with E-state index in [1.807, 2.05) is 0 Å². The van der Waals surface area contributed by atoms with E-state index in [1.54, 1.807) is 43.6 Å². The fourth-order valence-corrected chi connectivity index (χ4v) is 1.77. The third-order valence-corrected chi connectivity index (χ3v) is 2.77. The fourth-order valence-electron chi connectivity index (χ4n) is 1.77. The molecule has 0 aliphatic heterocycles. The number of rotatable bonds is 5. The molecule has 0 aliphatic carbocycles. The Kier molecular flexibility index (Phi) is 3.66. The number of benzene rings is 1. The van der Waals surface area contributed by atoms with Gasteiger partial charge in [0.05, 0.1) is 13.7 Å². The normalized spacial score (nSPS) is 10.2. The van der Waals surface area contributed by atoms with Gasteiger partial charge in [-0.2, -0.15) is 0 Å². The number of hydrogen-bond acceptors (Lipinski definition) is 3. The predicted molar refractivity (Wildman–Crippen MR) is 68.7 cm³/mol. The maximum absolute atomic E-state index is 12.0. The van der Waals surface area contributed by atoms with Crippen LogP contribution in [-0.4, -0.2) is 28.5 Å². The minimum absolute atomic E-state index is 0.000955. The van der Waals surface area contributed by atoms with Gasteiger partial charge in [-0.3, -0.25) is 4.79 Å². The Morgan fingerprint density at radius 1 is 1.21 bits per heavy atom. The molecule has 0 radical (unpaired) electrons. The summed E-state index contributed by atoms with van der Waals surface area (Å²) in [5.74, 6) is -0.530. The van der Waals surface area contributed by atoms with Crippen molar-refractivity contribution >= 4 is 11.8 Å². The van der Waals surface area contributed by atoms with Crippen molar-refractivity contribution in [2.75, 3.05) is 7.11 Å². The first-order valence-corrected chi connectivity index (χ1v) is 5.67. The number of carboxylic acids is 1. The summed E-state index contributed by atoms with van der Waals surface area (Å²) in [5, 5.41) is 8.96. The third-order valence-electron chi connectivity index (χ3n) is 2.77. The standard InChI is InChI=1S/C14H13NO4/c1-19-11-6-4-10(5-7-11)13(16)9-15-8-2-3-12(15)14(17)18/h2-8H,9H2,1H3,(H,17,18). The molecular weight excluding hydrogens is 246 g/mol. The number of methoxy groups -OCH3 is 1. The molecule has 98 valence electrons. The number of Topliss-reactive ketones (excluding diaryl/α,β-unsaturated/α-hetero) is 1. The van der Waals surface area contributed by atoms with Crippen molar-refractivity contribution in [1.29, 1.82) is 0 Å². The number of aromatic carboxylic acids is 1. The maximum Gasteiger partial charge on any atom is 0.352 e. The van der Waals surface area contributed by atoms with Crippen LogP contribution in [0, 0.1) is 0 Å². The Balaban J connectivity index is 2.16. The van der Waals surface area contributed by atoms with Gasteiger partial charge < -0.3 is 14.4 Å². The molecular formula is C14H13NO4. The smallest absolute Gasteiger partial charge is 0.352 e. The average molecular weight is 259 g/mol. The van der Waals surface area contributed by atoms with E-state index in [4.69, 9.17) is 9.84 Å². The molecule has 0 saturated heterocycles. The van der Waals surface area contributed by atoms with Crippen molar-refractivity contribution in [1.82, 2.24) is 4.57 Å². The first-order valence-electron chi connectivity index (χ1n) is 5.67. The summed E-state index contributed by atoms with van der Waals surface area (Å²) >= 11 is 0. The van der Waals surface area contributed by atoms with E-state index in [9.17, 15) is 9.59 Å². The second kappa shape index (κ2) is 5.39. The van der Waals surface area contributed by atoms with Crippen LogP contribution in [-0.2, 0) is 6.54 Å². The lowest BCUT2D eigenvalue weighted by Gasteiger charge is -2.06.